The molecule has 0 aliphatic carbocycles. The summed E-state index contributed by atoms with van der Waals surface area (Å²) in [7, 11) is 1.58. The lowest BCUT2D eigenvalue weighted by Gasteiger charge is -2.06. The van der Waals surface area contributed by atoms with E-state index in [1.165, 1.54) is 34.4 Å². The molecule has 2 aromatic carbocycles. The molecule has 0 spiro atoms. The molecule has 0 radical (unpaired) electrons. The average Bonchev–Trinajstić information content (AvgIpc) is 3.38. The molecule has 2 aromatic heterocycles. The molecule has 31 heavy (non-hydrogen) atoms. The zero-order chi connectivity index (χ0) is 21.6. The van der Waals surface area contributed by atoms with Crippen LogP contribution in [0.5, 0.6) is 5.75 Å². The van der Waals surface area contributed by atoms with Gasteiger partial charge in [-0.05, 0) is 24.3 Å². The molecule has 0 saturated heterocycles. The van der Waals surface area contributed by atoms with Crippen LogP contribution in [-0.2, 0) is 16.0 Å². The second kappa shape index (κ2) is 9.90. The number of fused-ring (bicyclic) bond motifs is 1. The summed E-state index contributed by atoms with van der Waals surface area (Å²) >= 11 is 4.19. The topological polar surface area (TPSA) is 93.2 Å². The van der Waals surface area contributed by atoms with Gasteiger partial charge in [0.05, 0.1) is 35.2 Å². The van der Waals surface area contributed by atoms with Crippen LogP contribution in [0.25, 0.3) is 10.2 Å². The quantitative estimate of drug-likeness (QED) is 0.364. The van der Waals surface area contributed by atoms with Crippen LogP contribution in [0.3, 0.4) is 0 Å². The standard InChI is InChI=1S/C21H18N4O3S3/c1-28-15-6-4-5-13(9-15)22-19(27)12-30-21-23-14(11-29-21)10-18(26)25-20-24-16-7-2-3-8-17(16)31-20/h2-9,11H,10,12H2,1H3,(H,22,27)(H,24,25,26). The highest BCUT2D eigenvalue weighted by Crippen LogP contribution is 2.26. The highest BCUT2D eigenvalue weighted by Gasteiger charge is 2.12. The minimum absolute atomic E-state index is 0.136. The van der Waals surface area contributed by atoms with Crippen molar-refractivity contribution in [2.24, 2.45) is 0 Å². The monoisotopic (exact) mass is 470 g/mol. The average molecular weight is 471 g/mol. The van der Waals surface area contributed by atoms with Crippen molar-refractivity contribution in [1.29, 1.82) is 0 Å². The van der Waals surface area contributed by atoms with Crippen LogP contribution < -0.4 is 15.4 Å². The van der Waals surface area contributed by atoms with Gasteiger partial charge in [-0.25, -0.2) is 9.97 Å². The molecule has 158 valence electrons. The molecular weight excluding hydrogens is 452 g/mol. The number of carbonyl (C=O) groups excluding carboxylic acids is 2. The normalized spacial score (nSPS) is 10.7. The number of carbonyl (C=O) groups is 2. The molecular formula is C21H18N4O3S3. The summed E-state index contributed by atoms with van der Waals surface area (Å²) < 4.78 is 6.92. The van der Waals surface area contributed by atoms with Crippen molar-refractivity contribution < 1.29 is 14.3 Å². The summed E-state index contributed by atoms with van der Waals surface area (Å²) in [6, 6.07) is 14.9. The summed E-state index contributed by atoms with van der Waals surface area (Å²) in [4.78, 5) is 33.4. The van der Waals surface area contributed by atoms with Crippen LogP contribution in [0.2, 0.25) is 0 Å². The first-order valence-electron chi connectivity index (χ1n) is 9.25. The number of ether oxygens (including phenoxy) is 1. The van der Waals surface area contributed by atoms with Gasteiger partial charge < -0.3 is 15.4 Å². The van der Waals surface area contributed by atoms with Crippen molar-refractivity contribution in [2.45, 2.75) is 10.8 Å². The number of amides is 2. The number of thioether (sulfide) groups is 1. The zero-order valence-corrected chi connectivity index (χ0v) is 18.9. The Balaban J connectivity index is 1.26. The van der Waals surface area contributed by atoms with Gasteiger partial charge in [0.25, 0.3) is 0 Å². The number of hydrogen-bond donors (Lipinski definition) is 2. The fourth-order valence-electron chi connectivity index (χ4n) is 2.71. The van der Waals surface area contributed by atoms with Gasteiger partial charge in [-0.3, -0.25) is 9.59 Å². The summed E-state index contributed by atoms with van der Waals surface area (Å²) in [5, 5.41) is 8.07. The highest BCUT2D eigenvalue weighted by atomic mass is 32.2. The summed E-state index contributed by atoms with van der Waals surface area (Å²) in [6.45, 7) is 0. The Morgan fingerprint density at radius 3 is 2.77 bits per heavy atom. The second-order valence-corrected chi connectivity index (χ2v) is 9.50. The van der Waals surface area contributed by atoms with E-state index in [9.17, 15) is 9.59 Å². The highest BCUT2D eigenvalue weighted by molar-refractivity contribution is 8.01. The molecule has 0 unspecified atom stereocenters. The molecule has 2 amide bonds. The number of thiazole rings is 2. The van der Waals surface area contributed by atoms with Gasteiger partial charge in [-0.15, -0.1) is 11.3 Å². The molecule has 0 atom stereocenters. The number of nitrogens with one attached hydrogen (secondary N) is 2. The third kappa shape index (κ3) is 5.81. The molecule has 4 rings (SSSR count). The smallest absolute Gasteiger partial charge is 0.234 e. The maximum absolute atomic E-state index is 12.3. The molecule has 0 aliphatic rings. The van der Waals surface area contributed by atoms with Crippen LogP contribution >= 0.6 is 34.4 Å². The Morgan fingerprint density at radius 1 is 1.06 bits per heavy atom. The maximum Gasteiger partial charge on any atom is 0.234 e. The Kier molecular flexibility index (Phi) is 6.80. The van der Waals surface area contributed by atoms with E-state index in [1.54, 1.807) is 19.2 Å². The summed E-state index contributed by atoms with van der Waals surface area (Å²) in [6.07, 6.45) is 0.156. The van der Waals surface area contributed by atoms with E-state index < -0.39 is 0 Å². The molecule has 0 saturated carbocycles. The lowest BCUT2D eigenvalue weighted by Crippen LogP contribution is -2.14. The van der Waals surface area contributed by atoms with Crippen molar-refractivity contribution in [3.05, 3.63) is 59.6 Å². The minimum atomic E-state index is -0.170. The number of rotatable bonds is 8. The fourth-order valence-corrected chi connectivity index (χ4v) is 5.24. The van der Waals surface area contributed by atoms with Crippen molar-refractivity contribution in [3.8, 4) is 5.75 Å². The van der Waals surface area contributed by atoms with Gasteiger partial charge in [0.2, 0.25) is 11.8 Å². The third-order valence-corrected chi connectivity index (χ3v) is 7.11. The minimum Gasteiger partial charge on any atom is -0.497 e. The van der Waals surface area contributed by atoms with Gasteiger partial charge in [0.1, 0.15) is 5.75 Å². The number of methoxy groups -OCH3 is 1. The van der Waals surface area contributed by atoms with E-state index in [0.717, 1.165) is 14.6 Å². The first kappa shape index (κ1) is 21.3. The molecule has 0 aliphatic heterocycles. The van der Waals surface area contributed by atoms with E-state index in [-0.39, 0.29) is 24.0 Å². The van der Waals surface area contributed by atoms with Crippen LogP contribution in [0.4, 0.5) is 10.8 Å². The lowest BCUT2D eigenvalue weighted by molar-refractivity contribution is -0.116. The molecule has 0 fully saturated rings. The number of para-hydroxylation sites is 1. The predicted molar refractivity (Wildman–Crippen MR) is 126 cm³/mol. The van der Waals surface area contributed by atoms with Crippen LogP contribution in [0, 0.1) is 0 Å². The summed E-state index contributed by atoms with van der Waals surface area (Å²) in [5.41, 5.74) is 2.21. The SMILES string of the molecule is COc1cccc(NC(=O)CSc2nc(CC(=O)Nc3nc4ccccc4s3)cs2)c1. The number of nitrogens with zero attached hydrogens (tertiary/aromatic N) is 2. The maximum atomic E-state index is 12.3. The van der Waals surface area contributed by atoms with Crippen LogP contribution in [-0.4, -0.2) is 34.6 Å². The van der Waals surface area contributed by atoms with Crippen molar-refractivity contribution in [2.75, 3.05) is 23.5 Å². The molecule has 2 heterocycles. The zero-order valence-electron chi connectivity index (χ0n) is 16.5. The predicted octanol–water partition coefficient (Wildman–Crippen LogP) is 4.67. The Hall–Kier alpha value is -2.95. The van der Waals surface area contributed by atoms with E-state index in [1.807, 2.05) is 41.8 Å². The number of hydrogen-bond acceptors (Lipinski definition) is 8. The van der Waals surface area contributed by atoms with E-state index in [2.05, 4.69) is 20.6 Å². The molecule has 2 N–H and O–H groups in total. The van der Waals surface area contributed by atoms with Crippen molar-refractivity contribution >= 4 is 67.3 Å². The Bertz CT molecular complexity index is 1190. The summed E-state index contributed by atoms with van der Waals surface area (Å²) in [5.74, 6) is 0.599. The Morgan fingerprint density at radius 2 is 1.94 bits per heavy atom. The van der Waals surface area contributed by atoms with Crippen molar-refractivity contribution in [3.63, 3.8) is 0 Å². The third-order valence-electron chi connectivity index (χ3n) is 4.09. The Labute approximate surface area is 190 Å². The number of anilines is 2. The van der Waals surface area contributed by atoms with Gasteiger partial charge in [-0.2, -0.15) is 0 Å². The molecule has 7 nitrogen and oxygen atoms in total. The first-order chi connectivity index (χ1) is 15.1. The van der Waals surface area contributed by atoms with Crippen molar-refractivity contribution in [1.82, 2.24) is 9.97 Å². The van der Waals surface area contributed by atoms with E-state index in [0.29, 0.717) is 22.3 Å². The lowest BCUT2D eigenvalue weighted by atomic mass is 10.3. The van der Waals surface area contributed by atoms with E-state index in [4.69, 9.17) is 4.74 Å². The van der Waals surface area contributed by atoms with Crippen LogP contribution in [0.15, 0.2) is 58.3 Å². The number of benzene rings is 2. The van der Waals surface area contributed by atoms with E-state index >= 15 is 0 Å². The second-order valence-electron chi connectivity index (χ2n) is 6.39. The molecule has 0 bridgehead atoms. The van der Waals surface area contributed by atoms with Gasteiger partial charge in [0.15, 0.2) is 9.47 Å². The largest absolute Gasteiger partial charge is 0.497 e. The van der Waals surface area contributed by atoms with Gasteiger partial charge >= 0.3 is 0 Å². The molecule has 4 aromatic rings. The number of aromatic nitrogens is 2. The van der Waals surface area contributed by atoms with Crippen LogP contribution in [0.1, 0.15) is 5.69 Å². The fraction of sp³-hybridized carbons (Fsp3) is 0.143. The van der Waals surface area contributed by atoms with Gasteiger partial charge in [-0.1, -0.05) is 41.3 Å². The van der Waals surface area contributed by atoms with Gasteiger partial charge in [0, 0.05) is 17.1 Å². The first-order valence-corrected chi connectivity index (χ1v) is 11.9. The molecule has 10 heteroatoms.